The van der Waals surface area contributed by atoms with Crippen molar-refractivity contribution in [2.24, 2.45) is 0 Å². The highest BCUT2D eigenvalue weighted by atomic mass is 32.2. The SMILES string of the molecule is Cc1cc(-c2ccccc2)nn2c(SCC(=O)Nc3ccc(SC(F)F)cc3)nnc12. The lowest BCUT2D eigenvalue weighted by Gasteiger charge is -2.07. The summed E-state index contributed by atoms with van der Waals surface area (Å²) < 4.78 is 26.4. The zero-order valence-electron chi connectivity index (χ0n) is 16.3. The van der Waals surface area contributed by atoms with Gasteiger partial charge in [0.1, 0.15) is 0 Å². The van der Waals surface area contributed by atoms with Crippen LogP contribution in [0.3, 0.4) is 0 Å². The van der Waals surface area contributed by atoms with Crippen LogP contribution in [0.25, 0.3) is 16.9 Å². The third-order valence-corrected chi connectivity index (χ3v) is 5.93. The number of hydrogen-bond acceptors (Lipinski definition) is 6. The van der Waals surface area contributed by atoms with E-state index in [0.717, 1.165) is 16.8 Å². The molecular formula is C21H17F2N5OS2. The van der Waals surface area contributed by atoms with Gasteiger partial charge in [0.05, 0.1) is 11.4 Å². The van der Waals surface area contributed by atoms with Crippen molar-refractivity contribution >= 4 is 40.8 Å². The Labute approximate surface area is 185 Å². The Morgan fingerprint density at radius 3 is 2.55 bits per heavy atom. The Morgan fingerprint density at radius 2 is 1.84 bits per heavy atom. The molecule has 0 saturated heterocycles. The number of anilines is 1. The maximum atomic E-state index is 12.4. The third kappa shape index (κ3) is 5.20. The van der Waals surface area contributed by atoms with Crippen molar-refractivity contribution in [2.75, 3.05) is 11.1 Å². The van der Waals surface area contributed by atoms with E-state index in [1.165, 1.54) is 11.8 Å². The Balaban J connectivity index is 1.45. The molecule has 0 unspecified atom stereocenters. The molecule has 0 aliphatic carbocycles. The largest absolute Gasteiger partial charge is 0.325 e. The van der Waals surface area contributed by atoms with Crippen molar-refractivity contribution in [1.29, 1.82) is 0 Å². The van der Waals surface area contributed by atoms with Crippen LogP contribution in [0.5, 0.6) is 0 Å². The first-order chi connectivity index (χ1) is 15.0. The van der Waals surface area contributed by atoms with Crippen LogP contribution in [-0.4, -0.2) is 37.2 Å². The van der Waals surface area contributed by atoms with Gasteiger partial charge in [0.2, 0.25) is 11.1 Å². The normalized spacial score (nSPS) is 11.2. The second-order valence-corrected chi connectivity index (χ2v) is 8.54. The van der Waals surface area contributed by atoms with E-state index in [0.29, 0.717) is 33.1 Å². The van der Waals surface area contributed by atoms with E-state index >= 15 is 0 Å². The second-order valence-electron chi connectivity index (χ2n) is 6.54. The minimum atomic E-state index is -2.48. The van der Waals surface area contributed by atoms with Crippen molar-refractivity contribution in [2.45, 2.75) is 22.7 Å². The lowest BCUT2D eigenvalue weighted by Crippen LogP contribution is -2.14. The molecule has 0 aliphatic rings. The van der Waals surface area contributed by atoms with E-state index in [4.69, 9.17) is 0 Å². The summed E-state index contributed by atoms with van der Waals surface area (Å²) in [4.78, 5) is 12.8. The van der Waals surface area contributed by atoms with Gasteiger partial charge < -0.3 is 5.32 Å². The number of nitrogens with one attached hydrogen (secondary N) is 1. The van der Waals surface area contributed by atoms with Gasteiger partial charge in [-0.25, -0.2) is 0 Å². The number of rotatable bonds is 7. The first-order valence-corrected chi connectivity index (χ1v) is 11.1. The molecule has 2 aromatic carbocycles. The fourth-order valence-electron chi connectivity index (χ4n) is 2.89. The van der Waals surface area contributed by atoms with E-state index in [1.807, 2.05) is 43.3 Å². The summed E-state index contributed by atoms with van der Waals surface area (Å²) in [6, 6.07) is 18.0. The van der Waals surface area contributed by atoms with Crippen molar-refractivity contribution in [1.82, 2.24) is 19.8 Å². The van der Waals surface area contributed by atoms with Crippen molar-refractivity contribution in [3.63, 3.8) is 0 Å². The number of alkyl halides is 2. The van der Waals surface area contributed by atoms with Crippen molar-refractivity contribution in [3.05, 3.63) is 66.2 Å². The number of carbonyl (C=O) groups is 1. The molecule has 0 bridgehead atoms. The first-order valence-electron chi connectivity index (χ1n) is 9.25. The number of amides is 1. The highest BCUT2D eigenvalue weighted by Crippen LogP contribution is 2.26. The van der Waals surface area contributed by atoms with Crippen LogP contribution in [0.1, 0.15) is 5.56 Å². The molecule has 6 nitrogen and oxygen atoms in total. The lowest BCUT2D eigenvalue weighted by molar-refractivity contribution is -0.113. The number of halogens is 2. The van der Waals surface area contributed by atoms with E-state index in [2.05, 4.69) is 20.6 Å². The van der Waals surface area contributed by atoms with Crippen LogP contribution in [-0.2, 0) is 4.79 Å². The third-order valence-electron chi connectivity index (χ3n) is 4.29. The van der Waals surface area contributed by atoms with Crippen LogP contribution in [0.4, 0.5) is 14.5 Å². The molecule has 0 saturated carbocycles. The highest BCUT2D eigenvalue weighted by Gasteiger charge is 2.14. The summed E-state index contributed by atoms with van der Waals surface area (Å²) >= 11 is 1.68. The van der Waals surface area contributed by atoms with Gasteiger partial charge in [-0.3, -0.25) is 4.79 Å². The van der Waals surface area contributed by atoms with Gasteiger partial charge in [-0.2, -0.15) is 18.4 Å². The van der Waals surface area contributed by atoms with Gasteiger partial charge in [-0.1, -0.05) is 53.9 Å². The molecule has 0 atom stereocenters. The molecule has 31 heavy (non-hydrogen) atoms. The van der Waals surface area contributed by atoms with E-state index in [9.17, 15) is 13.6 Å². The van der Waals surface area contributed by atoms with Gasteiger partial charge in [-0.15, -0.1) is 10.2 Å². The van der Waals surface area contributed by atoms with Crippen LogP contribution in [0.15, 0.2) is 70.7 Å². The fourth-order valence-corrected chi connectivity index (χ4v) is 4.07. The summed E-state index contributed by atoms with van der Waals surface area (Å²) in [6.07, 6.45) is 0. The number of fused-ring (bicyclic) bond motifs is 1. The minimum Gasteiger partial charge on any atom is -0.325 e. The maximum Gasteiger partial charge on any atom is 0.288 e. The summed E-state index contributed by atoms with van der Waals surface area (Å²) in [5.41, 5.74) is 3.87. The van der Waals surface area contributed by atoms with E-state index in [1.54, 1.807) is 28.8 Å². The summed E-state index contributed by atoms with van der Waals surface area (Å²) in [6.45, 7) is 1.94. The number of nitrogens with zero attached hydrogens (tertiary/aromatic N) is 4. The molecule has 0 fully saturated rings. The van der Waals surface area contributed by atoms with Gasteiger partial charge in [0.25, 0.3) is 5.76 Å². The van der Waals surface area contributed by atoms with Crippen LogP contribution >= 0.6 is 23.5 Å². The zero-order chi connectivity index (χ0) is 21.8. The number of benzene rings is 2. The highest BCUT2D eigenvalue weighted by molar-refractivity contribution is 8.00. The molecule has 0 aliphatic heterocycles. The molecule has 10 heteroatoms. The average molecular weight is 458 g/mol. The Bertz CT molecular complexity index is 1200. The molecule has 4 rings (SSSR count). The molecule has 0 radical (unpaired) electrons. The fraction of sp³-hybridized carbons (Fsp3) is 0.143. The van der Waals surface area contributed by atoms with Gasteiger partial charge in [0, 0.05) is 16.1 Å². The van der Waals surface area contributed by atoms with Gasteiger partial charge in [-0.05, 0) is 42.8 Å². The van der Waals surface area contributed by atoms with Gasteiger partial charge in [0.15, 0.2) is 5.65 Å². The molecule has 1 N–H and O–H groups in total. The monoisotopic (exact) mass is 457 g/mol. The molecule has 0 spiro atoms. The summed E-state index contributed by atoms with van der Waals surface area (Å²) in [5, 5.41) is 16.2. The van der Waals surface area contributed by atoms with Crippen LogP contribution in [0, 0.1) is 6.92 Å². The maximum absolute atomic E-state index is 12.4. The number of aryl methyl sites for hydroxylation is 1. The van der Waals surface area contributed by atoms with Crippen LogP contribution < -0.4 is 5.32 Å². The molecule has 4 aromatic rings. The van der Waals surface area contributed by atoms with Gasteiger partial charge >= 0.3 is 0 Å². The van der Waals surface area contributed by atoms with Crippen molar-refractivity contribution in [3.8, 4) is 11.3 Å². The quantitative estimate of drug-likeness (QED) is 0.387. The smallest absolute Gasteiger partial charge is 0.288 e. The second kappa shape index (κ2) is 9.44. The standard InChI is InChI=1S/C21H17F2N5OS2/c1-13-11-17(14-5-3-2-4-6-14)27-28-19(13)25-26-21(28)30-12-18(29)24-15-7-9-16(10-8-15)31-20(22)23/h2-11,20H,12H2,1H3,(H,24,29). The molecule has 2 heterocycles. The molecule has 158 valence electrons. The topological polar surface area (TPSA) is 72.2 Å². The first kappa shape index (κ1) is 21.3. The zero-order valence-corrected chi connectivity index (χ0v) is 18.0. The predicted octanol–water partition coefficient (Wildman–Crippen LogP) is 5.15. The summed E-state index contributed by atoms with van der Waals surface area (Å²) in [7, 11) is 0. The molecular weight excluding hydrogens is 440 g/mol. The number of thioether (sulfide) groups is 2. The average Bonchev–Trinajstić information content (AvgIpc) is 3.17. The Morgan fingerprint density at radius 1 is 1.10 bits per heavy atom. The van der Waals surface area contributed by atoms with Crippen molar-refractivity contribution < 1.29 is 13.6 Å². The van der Waals surface area contributed by atoms with E-state index < -0.39 is 5.76 Å². The van der Waals surface area contributed by atoms with E-state index in [-0.39, 0.29) is 11.7 Å². The minimum absolute atomic E-state index is 0.102. The number of hydrogen-bond donors (Lipinski definition) is 1. The number of aromatic nitrogens is 4. The Hall–Kier alpha value is -2.98. The molecule has 2 aromatic heterocycles. The lowest BCUT2D eigenvalue weighted by atomic mass is 10.1. The Kier molecular flexibility index (Phi) is 6.47. The van der Waals surface area contributed by atoms with Crippen LogP contribution in [0.2, 0.25) is 0 Å². The predicted molar refractivity (Wildman–Crippen MR) is 119 cm³/mol. The molecule has 1 amide bonds. The summed E-state index contributed by atoms with van der Waals surface area (Å²) in [5.74, 6) is -2.62. The number of carbonyl (C=O) groups excluding carboxylic acids is 1.